The van der Waals surface area contributed by atoms with Crippen molar-refractivity contribution in [2.75, 3.05) is 0 Å². The van der Waals surface area contributed by atoms with Crippen molar-refractivity contribution in [1.29, 1.82) is 0 Å². The van der Waals surface area contributed by atoms with Gasteiger partial charge in [-0.3, -0.25) is 4.68 Å². The molecule has 0 fully saturated rings. The summed E-state index contributed by atoms with van der Waals surface area (Å²) in [5.74, 6) is 0. The third kappa shape index (κ3) is 0.964. The van der Waals surface area contributed by atoms with Gasteiger partial charge in [-0.2, -0.15) is 5.10 Å². The van der Waals surface area contributed by atoms with Gasteiger partial charge < -0.3 is 0 Å². The lowest BCUT2D eigenvalue weighted by atomic mass is 10.6. The molecule has 0 saturated carbocycles. The summed E-state index contributed by atoms with van der Waals surface area (Å²) >= 11 is 0. The quantitative estimate of drug-likeness (QED) is 0.513. The summed E-state index contributed by atoms with van der Waals surface area (Å²) in [4.78, 5) is 0. The molecule has 0 N–H and O–H groups in total. The first kappa shape index (κ1) is 5.09. The van der Waals surface area contributed by atoms with Gasteiger partial charge >= 0.3 is 0 Å². The molecule has 0 saturated heterocycles. The molecule has 1 aromatic rings. The van der Waals surface area contributed by atoms with E-state index in [1.807, 2.05) is 0 Å². The van der Waals surface area contributed by atoms with Crippen LogP contribution in [0.1, 0.15) is 0 Å². The molecule has 0 aliphatic carbocycles. The Bertz CT molecular complexity index is 153. The van der Waals surface area contributed by atoms with Crippen LogP contribution >= 0.6 is 0 Å². The van der Waals surface area contributed by atoms with Crippen LogP contribution in [-0.4, -0.2) is 9.78 Å². The number of nitrogens with zero attached hydrogens (tertiary/aromatic N) is 2. The van der Waals surface area contributed by atoms with Crippen molar-refractivity contribution in [3.05, 3.63) is 31.1 Å². The number of hydrogen-bond donors (Lipinski definition) is 0. The molecule has 0 aliphatic heterocycles. The molecule has 0 aliphatic rings. The fourth-order valence-electron chi connectivity index (χ4n) is 0.492. The van der Waals surface area contributed by atoms with Crippen molar-refractivity contribution in [1.82, 2.24) is 9.78 Å². The molecule has 41 valence electrons. The second kappa shape index (κ2) is 2.31. The van der Waals surface area contributed by atoms with Crippen molar-refractivity contribution < 1.29 is 0 Å². The van der Waals surface area contributed by atoms with E-state index >= 15 is 0 Å². The maximum atomic E-state index is 3.90. The zero-order valence-corrected chi connectivity index (χ0v) is 4.54. The number of hydrogen-bond acceptors (Lipinski definition) is 1. The molecule has 1 rings (SSSR count). The second-order valence-electron chi connectivity index (χ2n) is 1.45. The molecule has 0 aromatic carbocycles. The summed E-state index contributed by atoms with van der Waals surface area (Å²) in [5.41, 5.74) is 0. The maximum absolute atomic E-state index is 3.90. The van der Waals surface area contributed by atoms with Gasteiger partial charge in [-0.25, -0.2) is 0 Å². The third-order valence-corrected chi connectivity index (χ3v) is 0.820. The van der Waals surface area contributed by atoms with Crippen LogP contribution in [0.15, 0.2) is 25.0 Å². The highest BCUT2D eigenvalue weighted by Gasteiger charge is 1.80. The summed E-state index contributed by atoms with van der Waals surface area (Å²) in [6.07, 6.45) is 5.20. The topological polar surface area (TPSA) is 17.8 Å². The van der Waals surface area contributed by atoms with E-state index in [0.29, 0.717) is 0 Å². The van der Waals surface area contributed by atoms with Crippen LogP contribution < -0.4 is 0 Å². The molecule has 0 bridgehead atoms. The molecule has 8 heavy (non-hydrogen) atoms. The molecule has 1 radical (unpaired) electrons. The minimum atomic E-state index is 0.767. The predicted octanol–water partition coefficient (Wildman–Crippen LogP) is 0.869. The Labute approximate surface area is 48.4 Å². The van der Waals surface area contributed by atoms with Crippen molar-refractivity contribution >= 4 is 0 Å². The summed E-state index contributed by atoms with van der Waals surface area (Å²) < 4.78 is 1.76. The molecule has 2 heteroatoms. The van der Waals surface area contributed by atoms with Gasteiger partial charge in [0.05, 0.1) is 12.7 Å². The zero-order chi connectivity index (χ0) is 5.82. The van der Waals surface area contributed by atoms with Crippen LogP contribution in [0.2, 0.25) is 0 Å². The van der Waals surface area contributed by atoms with E-state index in [4.69, 9.17) is 0 Å². The highest BCUT2D eigenvalue weighted by atomic mass is 15.3. The maximum Gasteiger partial charge on any atom is 0.0587 e. The third-order valence-electron chi connectivity index (χ3n) is 0.820. The minimum Gasteiger partial charge on any atom is -0.268 e. The molecular weight excluding hydrogens is 100 g/mol. The van der Waals surface area contributed by atoms with E-state index in [2.05, 4.69) is 17.7 Å². The number of rotatable bonds is 2. The Morgan fingerprint density at radius 2 is 2.75 bits per heavy atom. The lowest BCUT2D eigenvalue weighted by molar-refractivity contribution is 0.703. The van der Waals surface area contributed by atoms with Gasteiger partial charge in [0, 0.05) is 12.3 Å². The normalized spacial score (nSPS) is 9.00. The summed E-state index contributed by atoms with van der Waals surface area (Å²) in [5, 5.41) is 3.90. The van der Waals surface area contributed by atoms with Crippen LogP contribution in [0, 0.1) is 6.07 Å². The molecule has 0 atom stereocenters. The Kier molecular flexibility index (Phi) is 1.47. The smallest absolute Gasteiger partial charge is 0.0587 e. The molecule has 0 spiro atoms. The Morgan fingerprint density at radius 3 is 3.25 bits per heavy atom. The first-order valence-electron chi connectivity index (χ1n) is 2.43. The summed E-state index contributed by atoms with van der Waals surface area (Å²) in [6.45, 7) is 4.33. The van der Waals surface area contributed by atoms with Gasteiger partial charge in [0.25, 0.3) is 0 Å². The van der Waals surface area contributed by atoms with Gasteiger partial charge in [0.15, 0.2) is 0 Å². The van der Waals surface area contributed by atoms with Crippen molar-refractivity contribution in [3.8, 4) is 0 Å². The van der Waals surface area contributed by atoms with Crippen LogP contribution in [0.4, 0.5) is 0 Å². The Morgan fingerprint density at radius 1 is 1.88 bits per heavy atom. The highest BCUT2D eigenvalue weighted by molar-refractivity contribution is 4.77. The van der Waals surface area contributed by atoms with Crippen molar-refractivity contribution in [2.45, 2.75) is 6.54 Å². The fraction of sp³-hybridized carbons (Fsp3) is 0.167. The molecule has 0 unspecified atom stereocenters. The monoisotopic (exact) mass is 107 g/mol. The second-order valence-corrected chi connectivity index (χ2v) is 1.45. The Hall–Kier alpha value is -1.05. The number of allylic oxidation sites excluding steroid dienone is 1. The summed E-state index contributed by atoms with van der Waals surface area (Å²) in [6, 6.07) is 2.82. The van der Waals surface area contributed by atoms with Gasteiger partial charge in [0.1, 0.15) is 0 Å². The van der Waals surface area contributed by atoms with Crippen LogP contribution in [0.25, 0.3) is 0 Å². The highest BCUT2D eigenvalue weighted by Crippen LogP contribution is 1.81. The SMILES string of the molecule is C=CCn1c[c]cn1. The van der Waals surface area contributed by atoms with Gasteiger partial charge in [0.2, 0.25) is 0 Å². The predicted molar refractivity (Wildman–Crippen MR) is 31.3 cm³/mol. The standard InChI is InChI=1S/C6H7N2/c1-2-5-8-6-3-4-7-8/h2,4,6H,1,5H2. The van der Waals surface area contributed by atoms with Gasteiger partial charge in [-0.1, -0.05) is 6.08 Å². The largest absolute Gasteiger partial charge is 0.268 e. The fourth-order valence-corrected chi connectivity index (χ4v) is 0.492. The van der Waals surface area contributed by atoms with Crippen molar-refractivity contribution in [2.24, 2.45) is 0 Å². The van der Waals surface area contributed by atoms with E-state index in [1.54, 1.807) is 23.2 Å². The minimum absolute atomic E-state index is 0.767. The van der Waals surface area contributed by atoms with Gasteiger partial charge in [-0.05, 0) is 0 Å². The number of aromatic nitrogens is 2. The molecule has 2 nitrogen and oxygen atoms in total. The molecule has 1 heterocycles. The summed E-state index contributed by atoms with van der Waals surface area (Å²) in [7, 11) is 0. The van der Waals surface area contributed by atoms with E-state index in [0.717, 1.165) is 6.54 Å². The first-order chi connectivity index (χ1) is 3.93. The van der Waals surface area contributed by atoms with Crippen LogP contribution in [-0.2, 0) is 6.54 Å². The first-order valence-corrected chi connectivity index (χ1v) is 2.43. The average molecular weight is 107 g/mol. The van der Waals surface area contributed by atoms with E-state index in [1.165, 1.54) is 0 Å². The van der Waals surface area contributed by atoms with Gasteiger partial charge in [-0.15, -0.1) is 6.58 Å². The Balaban J connectivity index is 2.62. The lowest BCUT2D eigenvalue weighted by Crippen LogP contribution is -1.92. The molecule has 1 aromatic heterocycles. The molecular formula is C6H7N2. The van der Waals surface area contributed by atoms with Crippen LogP contribution in [0.5, 0.6) is 0 Å². The van der Waals surface area contributed by atoms with E-state index in [-0.39, 0.29) is 0 Å². The zero-order valence-electron chi connectivity index (χ0n) is 4.54. The molecule has 0 amide bonds. The van der Waals surface area contributed by atoms with Crippen LogP contribution in [0.3, 0.4) is 0 Å². The van der Waals surface area contributed by atoms with E-state index < -0.39 is 0 Å². The lowest BCUT2D eigenvalue weighted by Gasteiger charge is -1.89. The average Bonchev–Trinajstić information content (AvgIpc) is 2.19. The van der Waals surface area contributed by atoms with Crippen molar-refractivity contribution in [3.63, 3.8) is 0 Å². The van der Waals surface area contributed by atoms with E-state index in [9.17, 15) is 0 Å².